The number of phenols is 1. The van der Waals surface area contributed by atoms with Gasteiger partial charge in [-0.3, -0.25) is 14.5 Å². The fourth-order valence-corrected chi connectivity index (χ4v) is 6.90. The molecule has 0 aliphatic heterocycles. The lowest BCUT2D eigenvalue weighted by molar-refractivity contribution is -0.193. The lowest BCUT2D eigenvalue weighted by atomic mass is 9.70. The maximum atomic E-state index is 12.8. The van der Waals surface area contributed by atoms with Gasteiger partial charge in [0.2, 0.25) is 0 Å². The Balaban J connectivity index is 0.000000366. The van der Waals surface area contributed by atoms with Crippen LogP contribution in [-0.4, -0.2) is 82.7 Å². The van der Waals surface area contributed by atoms with Crippen molar-refractivity contribution in [2.75, 3.05) is 5.73 Å². The summed E-state index contributed by atoms with van der Waals surface area (Å²) in [6, 6.07) is 11.2. The van der Waals surface area contributed by atoms with E-state index < -0.39 is 48.0 Å². The number of hydrogen-bond donors (Lipinski definition) is 6. The molecule has 0 radical (unpaired) electrons. The first-order chi connectivity index (χ1) is 30.1. The quantitative estimate of drug-likeness (QED) is 0.0380. The molecule has 65 heavy (non-hydrogen) atoms. The van der Waals surface area contributed by atoms with Gasteiger partial charge in [-0.1, -0.05) is 28.5 Å². The number of alkyl halides is 9. The molecule has 2 aromatic carbocycles. The molecule has 26 heteroatoms. The number of amides is 1. The Labute approximate surface area is 363 Å². The van der Waals surface area contributed by atoms with E-state index in [2.05, 4.69) is 21.7 Å². The number of aliphatic carboxylic acids is 3. The highest BCUT2D eigenvalue weighted by atomic mass is 35.5. The smallest absolute Gasteiger partial charge is 0.490 e. The van der Waals surface area contributed by atoms with E-state index in [1.165, 1.54) is 23.3 Å². The van der Waals surface area contributed by atoms with Gasteiger partial charge in [-0.05, 0) is 80.7 Å². The van der Waals surface area contributed by atoms with Crippen molar-refractivity contribution in [2.45, 2.75) is 76.1 Å². The molecule has 0 saturated heterocycles. The summed E-state index contributed by atoms with van der Waals surface area (Å²) in [5, 5.41) is 44.3. The van der Waals surface area contributed by atoms with Gasteiger partial charge in [-0.2, -0.15) is 39.5 Å². The number of halogens is 10. The number of anilines is 1. The second-order valence-corrected chi connectivity index (χ2v) is 14.6. The third-order valence-electron chi connectivity index (χ3n) is 9.39. The molecule has 3 heterocycles. The number of carboxylic acids is 3. The van der Waals surface area contributed by atoms with Crippen LogP contribution in [0.4, 0.5) is 45.2 Å². The maximum Gasteiger partial charge on any atom is 0.490 e. The number of nitrogens with zero attached hydrogens (tertiary/aromatic N) is 4. The van der Waals surface area contributed by atoms with Crippen LogP contribution in [0.25, 0.3) is 21.9 Å². The molecule has 3 aromatic heterocycles. The number of nitrogens with one attached hydrogen (secondary N) is 1. The number of rotatable bonds is 8. The molecular formula is C39H34ClF9N6O10. The Morgan fingerprint density at radius 1 is 0.862 bits per heavy atom. The topological polar surface area (TPSA) is 261 Å². The first kappa shape index (κ1) is 50.7. The third-order valence-corrected chi connectivity index (χ3v) is 9.62. The predicted octanol–water partition coefficient (Wildman–Crippen LogP) is 7.55. The minimum atomic E-state index is -5.08. The van der Waals surface area contributed by atoms with Crippen molar-refractivity contribution in [3.63, 3.8) is 0 Å². The zero-order chi connectivity index (χ0) is 48.6. The normalized spacial score (nSPS) is 15.4. The maximum absolute atomic E-state index is 12.8. The molecule has 7 N–H and O–H groups in total. The molecule has 2 unspecified atom stereocenters. The minimum Gasteiger partial charge on any atom is -0.508 e. The summed E-state index contributed by atoms with van der Waals surface area (Å²) >= 11 is 6.21. The van der Waals surface area contributed by atoms with Gasteiger partial charge in [0.05, 0.1) is 23.8 Å². The molecule has 0 saturated carbocycles. The highest BCUT2D eigenvalue weighted by molar-refractivity contribution is 6.31. The number of aryl methyl sites for hydroxylation is 1. The summed E-state index contributed by atoms with van der Waals surface area (Å²) in [5.74, 6) is -7.87. The van der Waals surface area contributed by atoms with Gasteiger partial charge < -0.3 is 35.9 Å². The number of unbranched alkanes of at least 4 members (excludes halogenated alkanes) is 1. The molecule has 1 amide bonds. The number of benzene rings is 2. The summed E-state index contributed by atoms with van der Waals surface area (Å²) in [4.78, 5) is 56.4. The van der Waals surface area contributed by atoms with Crippen molar-refractivity contribution in [3.8, 4) is 5.75 Å². The van der Waals surface area contributed by atoms with Crippen molar-refractivity contribution < 1.29 is 83.5 Å². The Bertz CT molecular complexity index is 2610. The number of aromatic nitrogens is 4. The van der Waals surface area contributed by atoms with E-state index in [-0.39, 0.29) is 23.4 Å². The van der Waals surface area contributed by atoms with Gasteiger partial charge in [-0.25, -0.2) is 19.2 Å². The molecule has 2 bridgehead atoms. The number of carbonyl (C=O) groups is 4. The van der Waals surface area contributed by atoms with E-state index in [0.717, 1.165) is 73.4 Å². The van der Waals surface area contributed by atoms with E-state index in [4.69, 9.17) is 56.4 Å². The third kappa shape index (κ3) is 14.3. The molecule has 16 nitrogen and oxygen atoms in total. The number of pyridine rings is 1. The van der Waals surface area contributed by atoms with Gasteiger partial charge in [-0.15, -0.1) is 5.10 Å². The zero-order valence-electron chi connectivity index (χ0n) is 32.9. The number of carboxylic acid groups (broad SMARTS) is 3. The van der Waals surface area contributed by atoms with E-state index in [1.807, 2.05) is 24.4 Å². The van der Waals surface area contributed by atoms with Crippen LogP contribution in [0.3, 0.4) is 0 Å². The Morgan fingerprint density at radius 3 is 2.06 bits per heavy atom. The largest absolute Gasteiger partial charge is 0.508 e. The van der Waals surface area contributed by atoms with Gasteiger partial charge in [0.25, 0.3) is 5.91 Å². The second-order valence-electron chi connectivity index (χ2n) is 14.2. The van der Waals surface area contributed by atoms with Gasteiger partial charge in [0.15, 0.2) is 0 Å². The van der Waals surface area contributed by atoms with E-state index in [1.54, 1.807) is 10.7 Å². The van der Waals surface area contributed by atoms with Gasteiger partial charge >= 0.3 is 42.1 Å². The second kappa shape index (κ2) is 20.7. The first-order valence-corrected chi connectivity index (χ1v) is 18.9. The van der Waals surface area contributed by atoms with Crippen molar-refractivity contribution in [3.05, 3.63) is 98.3 Å². The SMILES string of the molecule is Nc1c2c(nc3cc(Cl)ccc13)CC1C=C(CCCCn3cc(CNC(=O)c4cc(=O)oc5cc(O)ccc45)nn3)CC2C1.O=C(O)C(F)(F)F.O=C(O)C(F)(F)F.O=C(O)C(F)(F)F. The summed E-state index contributed by atoms with van der Waals surface area (Å²) < 4.78 is 102. The van der Waals surface area contributed by atoms with E-state index in [0.29, 0.717) is 27.9 Å². The summed E-state index contributed by atoms with van der Waals surface area (Å²) in [6.45, 7) is 0.888. The van der Waals surface area contributed by atoms with Crippen LogP contribution >= 0.6 is 11.6 Å². The number of aromatic hydroxyl groups is 1. The molecule has 0 fully saturated rings. The number of carbonyl (C=O) groups excluding carboxylic acids is 1. The number of nitrogens with two attached hydrogens (primary N) is 1. The average Bonchev–Trinajstić information content (AvgIpc) is 3.65. The minimum absolute atomic E-state index is 0.0541. The summed E-state index contributed by atoms with van der Waals surface area (Å²) in [5.41, 5.74) is 12.5. The van der Waals surface area contributed by atoms with Crippen LogP contribution in [0.1, 0.15) is 65.3 Å². The Kier molecular flexibility index (Phi) is 16.2. The van der Waals surface area contributed by atoms with Crippen molar-refractivity contribution in [2.24, 2.45) is 5.92 Å². The molecular weight excluding hydrogens is 919 g/mol. The number of hydrogen-bond acceptors (Lipinski definition) is 11. The van der Waals surface area contributed by atoms with Crippen LogP contribution in [0.2, 0.25) is 5.02 Å². The Morgan fingerprint density at radius 2 is 1.46 bits per heavy atom. The average molecular weight is 953 g/mol. The van der Waals surface area contributed by atoms with Crippen LogP contribution < -0.4 is 16.7 Å². The van der Waals surface area contributed by atoms with E-state index >= 15 is 0 Å². The first-order valence-electron chi connectivity index (χ1n) is 18.6. The highest BCUT2D eigenvalue weighted by Gasteiger charge is 2.39. The molecule has 2 atom stereocenters. The lowest BCUT2D eigenvalue weighted by Crippen LogP contribution is -2.24. The molecule has 2 aliphatic carbocycles. The standard InChI is InChI=1S/C33H31ClN6O4.3C2HF3O2/c34-21-4-6-25-27(13-21)37-28-12-19-9-18(10-20(11-19)31(28)32(25)35)3-1-2-8-40-17-22(38-39-40)16-36-33(43)26-15-30(42)44-29-14-23(41)5-7-24(26)29;3*3-2(4,5)1(6)7/h4-7,9,13-15,17,19-20,41H,1-3,8,10-12,16H2,(H2,35,37)(H,36,43);3*(H,6,7). The monoisotopic (exact) mass is 952 g/mol. The van der Waals surface area contributed by atoms with Crippen molar-refractivity contribution in [1.29, 1.82) is 0 Å². The molecule has 7 rings (SSSR count). The fraction of sp³-hybridized carbons (Fsp3) is 0.333. The van der Waals surface area contributed by atoms with E-state index in [9.17, 15) is 54.2 Å². The molecule has 0 spiro atoms. The predicted molar refractivity (Wildman–Crippen MR) is 209 cm³/mol. The molecule has 2 aliphatic rings. The number of phenolic OH excluding ortho intramolecular Hbond substituents is 1. The fourth-order valence-electron chi connectivity index (χ4n) is 6.73. The summed E-state index contributed by atoms with van der Waals surface area (Å²) in [6.07, 6.45) is -4.90. The van der Waals surface area contributed by atoms with Crippen LogP contribution in [0.5, 0.6) is 5.75 Å². The number of fused-ring (bicyclic) bond motifs is 6. The summed E-state index contributed by atoms with van der Waals surface area (Å²) in [7, 11) is 0. The van der Waals surface area contributed by atoms with Crippen molar-refractivity contribution >= 4 is 63.0 Å². The highest BCUT2D eigenvalue weighted by Crippen LogP contribution is 2.47. The van der Waals surface area contributed by atoms with Crippen molar-refractivity contribution in [1.82, 2.24) is 25.3 Å². The van der Waals surface area contributed by atoms with Crippen LogP contribution in [-0.2, 0) is 33.9 Å². The number of nitrogen functional groups attached to an aromatic ring is 1. The zero-order valence-corrected chi connectivity index (χ0v) is 33.6. The Hall–Kier alpha value is -6.92. The van der Waals surface area contributed by atoms with Gasteiger partial charge in [0, 0.05) is 51.4 Å². The van der Waals surface area contributed by atoms with Crippen LogP contribution in [0.15, 0.2) is 69.5 Å². The lowest BCUT2D eigenvalue weighted by Gasteiger charge is -2.36. The molecule has 5 aromatic rings. The number of allylic oxidation sites excluding steroid dienone is 2. The van der Waals surface area contributed by atoms with Crippen LogP contribution in [0, 0.1) is 5.92 Å². The van der Waals surface area contributed by atoms with Gasteiger partial charge in [0.1, 0.15) is 17.0 Å². The molecule has 350 valence electrons.